The Hall–Kier alpha value is -2.24. The first kappa shape index (κ1) is 15.2. The molecule has 0 bridgehead atoms. The maximum atomic E-state index is 12.6. The third-order valence-electron chi connectivity index (χ3n) is 3.57. The third-order valence-corrected chi connectivity index (χ3v) is 3.57. The van der Waals surface area contributed by atoms with Crippen LogP contribution >= 0.6 is 0 Å². The summed E-state index contributed by atoms with van der Waals surface area (Å²) in [7, 11) is 1.45. The number of likely N-dealkylation sites (N-methyl/N-ethyl adjacent to an activating group) is 1. The van der Waals surface area contributed by atoms with Crippen LogP contribution in [0.2, 0.25) is 0 Å². The lowest BCUT2D eigenvalue weighted by molar-refractivity contribution is -0.137. The SMILES string of the molecule is CCCN(C(=O)c1cccc(C)n1)C1CC(=O)N(C)C1=O. The summed E-state index contributed by atoms with van der Waals surface area (Å²) in [5.41, 5.74) is 1.04. The van der Waals surface area contributed by atoms with Crippen LogP contribution in [-0.4, -0.2) is 52.1 Å². The second kappa shape index (κ2) is 6.03. The molecule has 1 atom stereocenters. The van der Waals surface area contributed by atoms with Crippen molar-refractivity contribution >= 4 is 17.7 Å². The van der Waals surface area contributed by atoms with Gasteiger partial charge < -0.3 is 4.90 Å². The Balaban J connectivity index is 2.29. The van der Waals surface area contributed by atoms with Gasteiger partial charge in [-0.25, -0.2) is 4.98 Å². The lowest BCUT2D eigenvalue weighted by Crippen LogP contribution is -2.45. The molecule has 0 N–H and O–H groups in total. The van der Waals surface area contributed by atoms with Gasteiger partial charge >= 0.3 is 0 Å². The quantitative estimate of drug-likeness (QED) is 0.775. The van der Waals surface area contributed by atoms with E-state index in [2.05, 4.69) is 4.98 Å². The van der Waals surface area contributed by atoms with E-state index in [0.717, 1.165) is 10.6 Å². The van der Waals surface area contributed by atoms with Crippen molar-refractivity contribution < 1.29 is 14.4 Å². The van der Waals surface area contributed by atoms with Crippen molar-refractivity contribution in [3.8, 4) is 0 Å². The van der Waals surface area contributed by atoms with E-state index in [4.69, 9.17) is 0 Å². The average Bonchev–Trinajstić information content (AvgIpc) is 2.71. The molecule has 0 aromatic carbocycles. The molecule has 2 heterocycles. The van der Waals surface area contributed by atoms with Crippen LogP contribution in [0.15, 0.2) is 18.2 Å². The van der Waals surface area contributed by atoms with E-state index in [1.54, 1.807) is 25.1 Å². The Kier molecular flexibility index (Phi) is 4.35. The molecule has 0 radical (unpaired) electrons. The summed E-state index contributed by atoms with van der Waals surface area (Å²) in [6, 6.07) is 4.48. The molecule has 2 rings (SSSR count). The van der Waals surface area contributed by atoms with Crippen molar-refractivity contribution in [2.45, 2.75) is 32.7 Å². The maximum Gasteiger partial charge on any atom is 0.273 e. The summed E-state index contributed by atoms with van der Waals surface area (Å²) in [6.45, 7) is 4.15. The van der Waals surface area contributed by atoms with Crippen LogP contribution in [0.25, 0.3) is 0 Å². The van der Waals surface area contributed by atoms with Crippen LogP contribution in [0, 0.1) is 6.92 Å². The summed E-state index contributed by atoms with van der Waals surface area (Å²) < 4.78 is 0. The molecular weight excluding hydrogens is 270 g/mol. The number of imide groups is 1. The zero-order valence-corrected chi connectivity index (χ0v) is 12.5. The van der Waals surface area contributed by atoms with Crippen molar-refractivity contribution in [2.24, 2.45) is 0 Å². The minimum Gasteiger partial charge on any atom is -0.325 e. The fraction of sp³-hybridized carbons (Fsp3) is 0.467. The Bertz CT molecular complexity index is 585. The van der Waals surface area contributed by atoms with Gasteiger partial charge in [0.2, 0.25) is 5.91 Å². The zero-order chi connectivity index (χ0) is 15.6. The lowest BCUT2D eigenvalue weighted by atomic mass is 10.1. The topological polar surface area (TPSA) is 70.6 Å². The Labute approximate surface area is 123 Å². The first-order valence-corrected chi connectivity index (χ1v) is 7.00. The van der Waals surface area contributed by atoms with Gasteiger partial charge in [-0.05, 0) is 25.5 Å². The molecule has 21 heavy (non-hydrogen) atoms. The monoisotopic (exact) mass is 289 g/mol. The normalized spacial score (nSPS) is 18.2. The van der Waals surface area contributed by atoms with E-state index < -0.39 is 6.04 Å². The van der Waals surface area contributed by atoms with Gasteiger partial charge in [0, 0.05) is 19.3 Å². The lowest BCUT2D eigenvalue weighted by Gasteiger charge is -2.26. The van der Waals surface area contributed by atoms with Gasteiger partial charge in [0.05, 0.1) is 6.42 Å². The molecule has 112 valence electrons. The van der Waals surface area contributed by atoms with E-state index >= 15 is 0 Å². The van der Waals surface area contributed by atoms with Gasteiger partial charge in [0.15, 0.2) is 0 Å². The molecule has 0 saturated carbocycles. The van der Waals surface area contributed by atoms with Crippen LogP contribution in [0.1, 0.15) is 35.9 Å². The number of aromatic nitrogens is 1. The minimum atomic E-state index is -0.711. The molecule has 1 aromatic rings. The number of rotatable bonds is 4. The maximum absolute atomic E-state index is 12.6. The molecule has 1 fully saturated rings. The first-order chi connectivity index (χ1) is 9.95. The van der Waals surface area contributed by atoms with Crippen molar-refractivity contribution in [1.29, 1.82) is 0 Å². The molecule has 1 aromatic heterocycles. The minimum absolute atomic E-state index is 0.0485. The van der Waals surface area contributed by atoms with Gasteiger partial charge in [0.1, 0.15) is 11.7 Å². The van der Waals surface area contributed by atoms with Crippen LogP contribution in [0.5, 0.6) is 0 Å². The van der Waals surface area contributed by atoms with E-state index in [0.29, 0.717) is 18.7 Å². The van der Waals surface area contributed by atoms with Gasteiger partial charge in [-0.15, -0.1) is 0 Å². The molecule has 1 aliphatic heterocycles. The molecule has 3 amide bonds. The van der Waals surface area contributed by atoms with Crippen molar-refractivity contribution in [3.05, 3.63) is 29.6 Å². The number of nitrogens with zero attached hydrogens (tertiary/aromatic N) is 3. The van der Waals surface area contributed by atoms with Crippen LogP contribution < -0.4 is 0 Å². The zero-order valence-electron chi connectivity index (χ0n) is 12.5. The predicted octanol–water partition coefficient (Wildman–Crippen LogP) is 1.000. The van der Waals surface area contributed by atoms with Gasteiger partial charge in [-0.2, -0.15) is 0 Å². The third kappa shape index (κ3) is 2.94. The number of hydrogen-bond acceptors (Lipinski definition) is 4. The van der Waals surface area contributed by atoms with Gasteiger partial charge in [-0.3, -0.25) is 19.3 Å². The highest BCUT2D eigenvalue weighted by atomic mass is 16.2. The fourth-order valence-electron chi connectivity index (χ4n) is 2.43. The standard InChI is InChI=1S/C15H19N3O3/c1-4-8-18(12-9-13(19)17(3)15(12)21)14(20)11-7-5-6-10(2)16-11/h5-7,12H,4,8-9H2,1-3H3. The Morgan fingerprint density at radius 3 is 2.67 bits per heavy atom. The summed E-state index contributed by atoms with van der Waals surface area (Å²) >= 11 is 0. The van der Waals surface area contributed by atoms with E-state index in [1.807, 2.05) is 6.92 Å². The number of aryl methyl sites for hydroxylation is 1. The average molecular weight is 289 g/mol. The molecule has 6 nitrogen and oxygen atoms in total. The molecule has 1 aliphatic rings. The number of amides is 3. The predicted molar refractivity (Wildman–Crippen MR) is 76.5 cm³/mol. The van der Waals surface area contributed by atoms with Gasteiger partial charge in [0.25, 0.3) is 11.8 Å². The smallest absolute Gasteiger partial charge is 0.273 e. The highest BCUT2D eigenvalue weighted by Crippen LogP contribution is 2.19. The first-order valence-electron chi connectivity index (χ1n) is 7.00. The molecule has 1 unspecified atom stereocenters. The van der Waals surface area contributed by atoms with E-state index in [9.17, 15) is 14.4 Å². The van der Waals surface area contributed by atoms with E-state index in [1.165, 1.54) is 11.9 Å². The van der Waals surface area contributed by atoms with E-state index in [-0.39, 0.29) is 24.1 Å². The largest absolute Gasteiger partial charge is 0.325 e. The molecule has 0 spiro atoms. The van der Waals surface area contributed by atoms with Crippen LogP contribution in [0.4, 0.5) is 0 Å². The van der Waals surface area contributed by atoms with Crippen molar-refractivity contribution in [2.75, 3.05) is 13.6 Å². The van der Waals surface area contributed by atoms with Crippen molar-refractivity contribution in [3.63, 3.8) is 0 Å². The highest BCUT2D eigenvalue weighted by Gasteiger charge is 2.41. The summed E-state index contributed by atoms with van der Waals surface area (Å²) in [5.74, 6) is -0.882. The number of carbonyl (C=O) groups is 3. The number of carbonyl (C=O) groups excluding carboxylic acids is 3. The molecular formula is C15H19N3O3. The Morgan fingerprint density at radius 1 is 1.43 bits per heavy atom. The highest BCUT2D eigenvalue weighted by molar-refractivity contribution is 6.07. The Morgan fingerprint density at radius 2 is 2.14 bits per heavy atom. The summed E-state index contributed by atoms with van der Waals surface area (Å²) in [4.78, 5) is 43.2. The van der Waals surface area contributed by atoms with Gasteiger partial charge in [-0.1, -0.05) is 13.0 Å². The molecule has 6 heteroatoms. The summed E-state index contributed by atoms with van der Waals surface area (Å²) in [6.07, 6.45) is 0.756. The second-order valence-corrected chi connectivity index (χ2v) is 5.17. The number of pyridine rings is 1. The summed E-state index contributed by atoms with van der Waals surface area (Å²) in [5, 5.41) is 0. The van der Waals surface area contributed by atoms with Crippen LogP contribution in [-0.2, 0) is 9.59 Å². The second-order valence-electron chi connectivity index (χ2n) is 5.17. The number of likely N-dealkylation sites (tertiary alicyclic amines) is 1. The molecule has 1 saturated heterocycles. The number of hydrogen-bond donors (Lipinski definition) is 0. The van der Waals surface area contributed by atoms with Crippen LogP contribution in [0.3, 0.4) is 0 Å². The fourth-order valence-corrected chi connectivity index (χ4v) is 2.43. The van der Waals surface area contributed by atoms with Crippen molar-refractivity contribution in [1.82, 2.24) is 14.8 Å². The molecule has 0 aliphatic carbocycles.